The van der Waals surface area contributed by atoms with Crippen LogP contribution in [-0.4, -0.2) is 19.2 Å². The van der Waals surface area contributed by atoms with Gasteiger partial charge in [-0.1, -0.05) is 46.8 Å². The summed E-state index contributed by atoms with van der Waals surface area (Å²) in [4.78, 5) is 0. The molecule has 102 valence electrons. The molecule has 0 amide bonds. The van der Waals surface area contributed by atoms with E-state index >= 15 is 0 Å². The van der Waals surface area contributed by atoms with Crippen molar-refractivity contribution in [1.29, 1.82) is 0 Å². The van der Waals surface area contributed by atoms with Gasteiger partial charge in [-0.3, -0.25) is 0 Å². The average molecular weight is 249 g/mol. The first kappa shape index (κ1) is 15.0. The number of hydrogen-bond acceptors (Lipinski definition) is 2. The van der Waals surface area contributed by atoms with Crippen molar-refractivity contribution in [3.63, 3.8) is 0 Å². The lowest BCUT2D eigenvalue weighted by Crippen LogP contribution is -2.30. The van der Waals surface area contributed by atoms with Gasteiger partial charge in [0.25, 0.3) is 0 Å². The molecule has 2 nitrogen and oxygen atoms in total. The Balaban J connectivity index is 2.62. The van der Waals surface area contributed by atoms with Crippen molar-refractivity contribution in [3.8, 4) is 5.75 Å². The van der Waals surface area contributed by atoms with E-state index in [1.165, 1.54) is 5.56 Å². The summed E-state index contributed by atoms with van der Waals surface area (Å²) in [7, 11) is 0. The monoisotopic (exact) mass is 249 g/mol. The van der Waals surface area contributed by atoms with Crippen LogP contribution < -0.4 is 10.1 Å². The number of ether oxygens (including phenoxy) is 1. The third kappa shape index (κ3) is 4.69. The molecule has 0 saturated carbocycles. The molecule has 0 aliphatic rings. The van der Waals surface area contributed by atoms with Crippen molar-refractivity contribution >= 4 is 0 Å². The minimum absolute atomic E-state index is 0.201. The molecule has 0 spiro atoms. The van der Waals surface area contributed by atoms with Crippen molar-refractivity contribution < 1.29 is 4.74 Å². The van der Waals surface area contributed by atoms with Crippen LogP contribution >= 0.6 is 0 Å². The molecule has 18 heavy (non-hydrogen) atoms. The van der Waals surface area contributed by atoms with Crippen LogP contribution in [0.3, 0.4) is 0 Å². The molecular weight excluding hydrogens is 222 g/mol. The Bertz CT molecular complexity index is 337. The summed E-state index contributed by atoms with van der Waals surface area (Å²) in [6, 6.07) is 8.48. The maximum absolute atomic E-state index is 5.97. The summed E-state index contributed by atoms with van der Waals surface area (Å²) in [6.45, 7) is 12.8. The molecule has 0 aromatic heterocycles. The number of hydrogen-bond donors (Lipinski definition) is 1. The van der Waals surface area contributed by atoms with Gasteiger partial charge in [0.2, 0.25) is 0 Å². The van der Waals surface area contributed by atoms with E-state index in [0.717, 1.165) is 25.3 Å². The van der Waals surface area contributed by atoms with Crippen LogP contribution in [0.25, 0.3) is 0 Å². The fraction of sp³-hybridized carbons (Fsp3) is 0.625. The molecular formula is C16H27NO. The number of nitrogens with one attached hydrogen (secondary N) is 1. The summed E-state index contributed by atoms with van der Waals surface area (Å²) < 4.78 is 5.97. The topological polar surface area (TPSA) is 21.3 Å². The maximum atomic E-state index is 5.97. The molecule has 0 radical (unpaired) electrons. The van der Waals surface area contributed by atoms with Crippen molar-refractivity contribution in [2.24, 2.45) is 0 Å². The minimum atomic E-state index is 0.201. The Morgan fingerprint density at radius 2 is 1.72 bits per heavy atom. The second-order valence-corrected chi connectivity index (χ2v) is 5.73. The molecule has 2 heteroatoms. The standard InChI is InChI=1S/C16H27NO/c1-6-14(12-17-7-2)18-15-10-8-13(9-11-15)16(3,4)5/h8-11,14,17H,6-7,12H2,1-5H3. The largest absolute Gasteiger partial charge is 0.489 e. The lowest BCUT2D eigenvalue weighted by molar-refractivity contribution is 0.194. The van der Waals surface area contributed by atoms with Gasteiger partial charge < -0.3 is 10.1 Å². The first-order valence-corrected chi connectivity index (χ1v) is 6.95. The first-order valence-electron chi connectivity index (χ1n) is 6.95. The fourth-order valence-corrected chi connectivity index (χ4v) is 1.80. The zero-order valence-electron chi connectivity index (χ0n) is 12.4. The number of likely N-dealkylation sites (N-methyl/N-ethyl adjacent to an activating group) is 1. The minimum Gasteiger partial charge on any atom is -0.489 e. The molecule has 0 heterocycles. The molecule has 1 unspecified atom stereocenters. The second kappa shape index (κ2) is 6.79. The zero-order valence-corrected chi connectivity index (χ0v) is 12.4. The second-order valence-electron chi connectivity index (χ2n) is 5.73. The van der Waals surface area contributed by atoms with E-state index in [-0.39, 0.29) is 11.5 Å². The highest BCUT2D eigenvalue weighted by Crippen LogP contribution is 2.24. The summed E-state index contributed by atoms with van der Waals surface area (Å²) >= 11 is 0. The van der Waals surface area contributed by atoms with Gasteiger partial charge in [-0.05, 0) is 36.1 Å². The average Bonchev–Trinajstić information content (AvgIpc) is 2.34. The highest BCUT2D eigenvalue weighted by Gasteiger charge is 2.13. The molecule has 0 aliphatic carbocycles. The van der Waals surface area contributed by atoms with Crippen molar-refractivity contribution in [2.45, 2.75) is 52.6 Å². The van der Waals surface area contributed by atoms with Gasteiger partial charge in [-0.25, -0.2) is 0 Å². The van der Waals surface area contributed by atoms with Crippen LogP contribution in [-0.2, 0) is 5.41 Å². The molecule has 1 rings (SSSR count). The van der Waals surface area contributed by atoms with Gasteiger partial charge in [0, 0.05) is 6.54 Å². The predicted octanol–water partition coefficient (Wildman–Crippen LogP) is 3.75. The Kier molecular flexibility index (Phi) is 5.67. The van der Waals surface area contributed by atoms with Crippen LogP contribution in [0.1, 0.15) is 46.6 Å². The quantitative estimate of drug-likeness (QED) is 0.829. The molecule has 1 atom stereocenters. The Hall–Kier alpha value is -1.02. The van der Waals surface area contributed by atoms with Crippen LogP contribution in [0, 0.1) is 0 Å². The predicted molar refractivity (Wildman–Crippen MR) is 78.4 cm³/mol. The van der Waals surface area contributed by atoms with Crippen LogP contribution in [0.4, 0.5) is 0 Å². The van der Waals surface area contributed by atoms with Crippen molar-refractivity contribution in [3.05, 3.63) is 29.8 Å². The number of benzene rings is 1. The zero-order chi connectivity index (χ0) is 13.6. The molecule has 1 aromatic carbocycles. The van der Waals surface area contributed by atoms with Crippen LogP contribution in [0.2, 0.25) is 0 Å². The van der Waals surface area contributed by atoms with Crippen molar-refractivity contribution in [1.82, 2.24) is 5.32 Å². The lowest BCUT2D eigenvalue weighted by Gasteiger charge is -2.21. The van der Waals surface area contributed by atoms with Crippen molar-refractivity contribution in [2.75, 3.05) is 13.1 Å². The Morgan fingerprint density at radius 3 is 2.17 bits per heavy atom. The van der Waals surface area contributed by atoms with Gasteiger partial charge in [0.05, 0.1) is 0 Å². The normalized spacial score (nSPS) is 13.4. The SMILES string of the molecule is CCNCC(CC)Oc1ccc(C(C)(C)C)cc1. The first-order chi connectivity index (χ1) is 8.47. The van der Waals surface area contributed by atoms with E-state index in [0.29, 0.717) is 0 Å². The third-order valence-corrected chi connectivity index (χ3v) is 3.10. The van der Waals surface area contributed by atoms with E-state index < -0.39 is 0 Å². The Morgan fingerprint density at radius 1 is 1.11 bits per heavy atom. The van der Waals surface area contributed by atoms with E-state index in [1.807, 2.05) is 0 Å². The van der Waals surface area contributed by atoms with Gasteiger partial charge in [-0.15, -0.1) is 0 Å². The smallest absolute Gasteiger partial charge is 0.119 e. The fourth-order valence-electron chi connectivity index (χ4n) is 1.80. The highest BCUT2D eigenvalue weighted by molar-refractivity contribution is 5.31. The summed E-state index contributed by atoms with van der Waals surface area (Å²) in [6.07, 6.45) is 1.28. The molecule has 0 fully saturated rings. The lowest BCUT2D eigenvalue weighted by atomic mass is 9.87. The van der Waals surface area contributed by atoms with Gasteiger partial charge in [0.1, 0.15) is 11.9 Å². The van der Waals surface area contributed by atoms with E-state index in [2.05, 4.69) is 64.2 Å². The maximum Gasteiger partial charge on any atom is 0.119 e. The van der Waals surface area contributed by atoms with E-state index in [4.69, 9.17) is 4.74 Å². The molecule has 0 saturated heterocycles. The van der Waals surface area contributed by atoms with Crippen LogP contribution in [0.15, 0.2) is 24.3 Å². The summed E-state index contributed by atoms with van der Waals surface area (Å²) in [5.41, 5.74) is 1.54. The van der Waals surface area contributed by atoms with Gasteiger partial charge >= 0.3 is 0 Å². The van der Waals surface area contributed by atoms with E-state index in [1.54, 1.807) is 0 Å². The highest BCUT2D eigenvalue weighted by atomic mass is 16.5. The molecule has 1 N–H and O–H groups in total. The van der Waals surface area contributed by atoms with Gasteiger partial charge in [-0.2, -0.15) is 0 Å². The molecule has 1 aromatic rings. The summed E-state index contributed by atoms with van der Waals surface area (Å²) in [5, 5.41) is 3.33. The molecule has 0 aliphatic heterocycles. The number of rotatable bonds is 6. The Labute approximate surface area is 112 Å². The molecule has 0 bridgehead atoms. The van der Waals surface area contributed by atoms with Crippen LogP contribution in [0.5, 0.6) is 5.75 Å². The third-order valence-electron chi connectivity index (χ3n) is 3.10. The van der Waals surface area contributed by atoms with E-state index in [9.17, 15) is 0 Å². The summed E-state index contributed by atoms with van der Waals surface area (Å²) in [5.74, 6) is 0.966. The van der Waals surface area contributed by atoms with Gasteiger partial charge in [0.15, 0.2) is 0 Å².